The monoisotopic (exact) mass is 332 g/mol. The molecule has 0 aromatic carbocycles. The maximum atomic E-state index is 8.74. The number of unbranched alkanes of at least 4 members (excludes halogenated alkanes) is 4. The largest absolute Gasteiger partial charge is 0.394 e. The fourth-order valence-electron chi connectivity index (χ4n) is 2.25. The van der Waals surface area contributed by atoms with Crippen molar-refractivity contribution >= 4 is 38.3 Å². The van der Waals surface area contributed by atoms with E-state index >= 15 is 0 Å². The second-order valence-electron chi connectivity index (χ2n) is 6.20. The van der Waals surface area contributed by atoms with Gasteiger partial charge in [0.05, 0.1) is 0 Å². The van der Waals surface area contributed by atoms with Gasteiger partial charge in [0.25, 0.3) is 0 Å². The zero-order valence-corrected chi connectivity index (χ0v) is 17.2. The molecule has 4 nitrogen and oxygen atoms in total. The van der Waals surface area contributed by atoms with E-state index in [2.05, 4.69) is 20.8 Å². The molecule has 2 atom stereocenters. The van der Waals surface area contributed by atoms with Crippen LogP contribution in [0.4, 0.5) is 0 Å². The molecule has 0 radical (unpaired) electrons. The van der Waals surface area contributed by atoms with E-state index in [-0.39, 0.29) is 0 Å². The SMILES string of the molecule is CCCCC[CH]([Na])CCCCCC(C)CC.O=S(=O)(O)O. The Morgan fingerprint density at radius 1 is 0.905 bits per heavy atom. The zero-order chi connectivity index (χ0) is 16.7. The molecule has 0 aromatic heterocycles. The van der Waals surface area contributed by atoms with Crippen LogP contribution in [0, 0.1) is 5.92 Å². The minimum atomic E-state index is -4.67. The van der Waals surface area contributed by atoms with Gasteiger partial charge in [0.2, 0.25) is 0 Å². The molecule has 21 heavy (non-hydrogen) atoms. The summed E-state index contributed by atoms with van der Waals surface area (Å²) < 4.78 is 32.7. The van der Waals surface area contributed by atoms with Crippen LogP contribution in [-0.4, -0.2) is 45.5 Å². The smallest absolute Gasteiger partial charge is 0.264 e. The van der Waals surface area contributed by atoms with Crippen molar-refractivity contribution < 1.29 is 17.5 Å². The van der Waals surface area contributed by atoms with Crippen molar-refractivity contribution in [2.45, 2.75) is 88.1 Å². The maximum Gasteiger partial charge on any atom is 0.394 e. The van der Waals surface area contributed by atoms with Gasteiger partial charge in [-0.1, -0.05) is 0 Å². The van der Waals surface area contributed by atoms with Crippen LogP contribution in [0.15, 0.2) is 0 Å². The van der Waals surface area contributed by atoms with Gasteiger partial charge >= 0.3 is 132 Å². The van der Waals surface area contributed by atoms with E-state index in [9.17, 15) is 0 Å². The standard InChI is InChI=1S/C15H31.Na.H2O4S/c1-4-6-7-8-9-10-11-12-13-14-15(3)5-2;;1-5(2,3)4/h9,15H,4-8,10-14H2,1-3H3;;(H2,1,2,3,4). The van der Waals surface area contributed by atoms with Crippen LogP contribution in [0.2, 0.25) is 3.17 Å². The molecule has 6 heteroatoms. The summed E-state index contributed by atoms with van der Waals surface area (Å²) >= 11 is 1.42. The molecule has 0 saturated heterocycles. The summed E-state index contributed by atoms with van der Waals surface area (Å²) in [4.78, 5) is 0. The Bertz CT molecular complexity index is 299. The molecule has 0 aliphatic heterocycles. The minimum Gasteiger partial charge on any atom is -0.264 e. The van der Waals surface area contributed by atoms with E-state index in [1.165, 1.54) is 92.1 Å². The van der Waals surface area contributed by atoms with Gasteiger partial charge in [0.1, 0.15) is 0 Å². The van der Waals surface area contributed by atoms with Gasteiger partial charge in [-0.15, -0.1) is 0 Å². The van der Waals surface area contributed by atoms with Crippen LogP contribution < -0.4 is 0 Å². The van der Waals surface area contributed by atoms with Crippen LogP contribution in [-0.2, 0) is 10.4 Å². The van der Waals surface area contributed by atoms with Gasteiger partial charge in [-0.3, -0.25) is 9.11 Å². The molecular formula is C15H33NaO4S. The Labute approximate surface area is 149 Å². The molecule has 2 N–H and O–H groups in total. The summed E-state index contributed by atoms with van der Waals surface area (Å²) in [6.45, 7) is 7.00. The van der Waals surface area contributed by atoms with E-state index < -0.39 is 10.4 Å². The molecule has 0 spiro atoms. The fourth-order valence-corrected chi connectivity index (χ4v) is 3.07. The Morgan fingerprint density at radius 2 is 1.33 bits per heavy atom. The minimum absolute atomic E-state index is 0.955. The van der Waals surface area contributed by atoms with Gasteiger partial charge < -0.3 is 0 Å². The van der Waals surface area contributed by atoms with Crippen LogP contribution in [0.3, 0.4) is 0 Å². The molecule has 0 aliphatic carbocycles. The summed E-state index contributed by atoms with van der Waals surface area (Å²) in [5, 5.41) is 0. The van der Waals surface area contributed by atoms with E-state index in [0.29, 0.717) is 0 Å². The normalized spacial score (nSPS) is 14.2. The maximum absolute atomic E-state index is 8.74. The average Bonchev–Trinajstić information content (AvgIpc) is 2.36. The van der Waals surface area contributed by atoms with Crippen molar-refractivity contribution in [3.8, 4) is 0 Å². The summed E-state index contributed by atoms with van der Waals surface area (Å²) in [6, 6.07) is 0. The molecule has 0 saturated carbocycles. The van der Waals surface area contributed by atoms with Gasteiger partial charge in [0.15, 0.2) is 0 Å². The molecule has 0 fully saturated rings. The molecule has 0 aromatic rings. The van der Waals surface area contributed by atoms with Crippen molar-refractivity contribution in [2.24, 2.45) is 5.92 Å². The van der Waals surface area contributed by atoms with Gasteiger partial charge in [-0.25, -0.2) is 0 Å². The van der Waals surface area contributed by atoms with E-state index in [1.807, 2.05) is 0 Å². The zero-order valence-electron chi connectivity index (χ0n) is 14.3. The third-order valence-corrected chi connectivity index (χ3v) is 5.05. The number of hydrogen-bond acceptors (Lipinski definition) is 2. The van der Waals surface area contributed by atoms with Gasteiger partial charge in [-0.2, -0.15) is 8.42 Å². The third kappa shape index (κ3) is 29.5. The molecular weight excluding hydrogens is 299 g/mol. The van der Waals surface area contributed by atoms with Crippen LogP contribution >= 0.6 is 0 Å². The first-order chi connectivity index (χ1) is 9.70. The van der Waals surface area contributed by atoms with Crippen molar-refractivity contribution in [1.82, 2.24) is 0 Å². The number of rotatable bonds is 11. The Balaban J connectivity index is 0. The molecule has 124 valence electrons. The Hall–Kier alpha value is 0.870. The molecule has 0 heterocycles. The predicted octanol–water partition coefficient (Wildman–Crippen LogP) is 4.87. The molecule has 0 amide bonds. The topological polar surface area (TPSA) is 74.6 Å². The fraction of sp³-hybridized carbons (Fsp3) is 1.00. The summed E-state index contributed by atoms with van der Waals surface area (Å²) in [7, 11) is -4.67. The van der Waals surface area contributed by atoms with Crippen LogP contribution in [0.1, 0.15) is 85.0 Å². The average molecular weight is 332 g/mol. The van der Waals surface area contributed by atoms with Crippen LogP contribution in [0.5, 0.6) is 0 Å². The quantitative estimate of drug-likeness (QED) is 0.322. The van der Waals surface area contributed by atoms with E-state index in [4.69, 9.17) is 17.5 Å². The first-order valence-corrected chi connectivity index (χ1v) is 11.0. The van der Waals surface area contributed by atoms with Crippen molar-refractivity contribution in [3.63, 3.8) is 0 Å². The first kappa shape index (κ1) is 24.1. The third-order valence-electron chi connectivity index (χ3n) is 3.89. The van der Waals surface area contributed by atoms with Crippen molar-refractivity contribution in [2.75, 3.05) is 0 Å². The van der Waals surface area contributed by atoms with E-state index in [0.717, 1.165) is 9.09 Å². The summed E-state index contributed by atoms with van der Waals surface area (Å²) in [6.07, 6.45) is 14.6. The predicted molar refractivity (Wildman–Crippen MR) is 90.4 cm³/mol. The molecule has 2 unspecified atom stereocenters. The van der Waals surface area contributed by atoms with Crippen LogP contribution in [0.25, 0.3) is 0 Å². The molecule has 0 rings (SSSR count). The first-order valence-electron chi connectivity index (χ1n) is 8.40. The van der Waals surface area contributed by atoms with Gasteiger partial charge in [0, 0.05) is 0 Å². The molecule has 0 aliphatic rings. The molecule has 0 bridgehead atoms. The Kier molecular flexibility index (Phi) is 18.1. The van der Waals surface area contributed by atoms with E-state index in [1.54, 1.807) is 0 Å². The van der Waals surface area contributed by atoms with Crippen molar-refractivity contribution in [1.29, 1.82) is 0 Å². The van der Waals surface area contributed by atoms with Crippen molar-refractivity contribution in [3.05, 3.63) is 0 Å². The second-order valence-corrected chi connectivity index (χ2v) is 8.73. The summed E-state index contributed by atoms with van der Waals surface area (Å²) in [5.41, 5.74) is 0. The number of hydrogen-bond donors (Lipinski definition) is 2. The second kappa shape index (κ2) is 15.8. The Morgan fingerprint density at radius 3 is 1.76 bits per heavy atom. The summed E-state index contributed by atoms with van der Waals surface area (Å²) in [5.74, 6) is 0.955. The van der Waals surface area contributed by atoms with Gasteiger partial charge in [-0.05, 0) is 0 Å².